The summed E-state index contributed by atoms with van der Waals surface area (Å²) < 4.78 is 21.1. The fourth-order valence-electron chi connectivity index (χ4n) is 2.35. The van der Waals surface area contributed by atoms with E-state index in [-0.39, 0.29) is 24.8 Å². The molecule has 0 aliphatic carbocycles. The maximum Gasteiger partial charge on any atom is 0.334 e. The highest BCUT2D eigenvalue weighted by Crippen LogP contribution is 2.33. The molecule has 0 spiro atoms. The molecule has 2 aliphatic heterocycles. The molecule has 0 saturated carbocycles. The molecule has 0 aromatic heterocycles. The van der Waals surface area contributed by atoms with Crippen LogP contribution in [-0.2, 0) is 14.3 Å². The number of carbonyl (C=O) groups excluding carboxylic acids is 1. The largest absolute Gasteiger partial charge is 0.500 e. The molecule has 1 aromatic carbocycles. The standard InChI is InChI=1S/C16H16O5/c1-10-12(21-16(17)8-14(10)18-2)5-3-11-4-6-13-15(7-11)20-9-19-13/h3-8,10,12H,9H2,1-2H3/b5-3+. The molecule has 0 saturated heterocycles. The SMILES string of the molecule is COC1=CC(=O)OC(/C=C/c2ccc3c(c2)OCO3)C1C. The number of methoxy groups -OCH3 is 1. The zero-order valence-corrected chi connectivity index (χ0v) is 11.9. The van der Waals surface area contributed by atoms with Crippen molar-refractivity contribution in [2.45, 2.75) is 13.0 Å². The Balaban J connectivity index is 1.77. The van der Waals surface area contributed by atoms with Gasteiger partial charge in [-0.05, 0) is 23.8 Å². The summed E-state index contributed by atoms with van der Waals surface area (Å²) in [6.07, 6.45) is 4.79. The lowest BCUT2D eigenvalue weighted by Crippen LogP contribution is -2.29. The highest BCUT2D eigenvalue weighted by Gasteiger charge is 2.28. The van der Waals surface area contributed by atoms with Gasteiger partial charge in [0.05, 0.1) is 19.1 Å². The van der Waals surface area contributed by atoms with Crippen molar-refractivity contribution < 1.29 is 23.7 Å². The summed E-state index contributed by atoms with van der Waals surface area (Å²) in [5.74, 6) is 1.70. The predicted molar refractivity (Wildman–Crippen MR) is 75.7 cm³/mol. The predicted octanol–water partition coefficient (Wildman–Crippen LogP) is 2.52. The molecular weight excluding hydrogens is 272 g/mol. The fourth-order valence-corrected chi connectivity index (χ4v) is 2.35. The molecule has 5 nitrogen and oxygen atoms in total. The number of cyclic esters (lactones) is 1. The zero-order valence-electron chi connectivity index (χ0n) is 11.9. The molecule has 0 N–H and O–H groups in total. The van der Waals surface area contributed by atoms with E-state index < -0.39 is 0 Å². The topological polar surface area (TPSA) is 54.0 Å². The Kier molecular flexibility index (Phi) is 3.56. The van der Waals surface area contributed by atoms with Gasteiger partial charge in [-0.25, -0.2) is 4.79 Å². The van der Waals surface area contributed by atoms with Gasteiger partial charge in [-0.2, -0.15) is 0 Å². The van der Waals surface area contributed by atoms with Crippen LogP contribution >= 0.6 is 0 Å². The number of carbonyl (C=O) groups is 1. The van der Waals surface area contributed by atoms with Crippen LogP contribution in [0.15, 0.2) is 36.1 Å². The second kappa shape index (κ2) is 5.52. The lowest BCUT2D eigenvalue weighted by Gasteiger charge is -2.26. The summed E-state index contributed by atoms with van der Waals surface area (Å²) in [7, 11) is 1.56. The van der Waals surface area contributed by atoms with Gasteiger partial charge in [0.15, 0.2) is 11.5 Å². The van der Waals surface area contributed by atoms with Gasteiger partial charge < -0.3 is 18.9 Å². The van der Waals surface area contributed by atoms with Crippen LogP contribution in [0, 0.1) is 5.92 Å². The first-order valence-corrected chi connectivity index (χ1v) is 6.71. The van der Waals surface area contributed by atoms with Crippen LogP contribution in [-0.4, -0.2) is 26.0 Å². The minimum absolute atomic E-state index is 0.0158. The molecule has 2 aliphatic rings. The van der Waals surface area contributed by atoms with Crippen LogP contribution in [0.5, 0.6) is 11.5 Å². The van der Waals surface area contributed by atoms with E-state index in [0.29, 0.717) is 5.76 Å². The van der Waals surface area contributed by atoms with E-state index in [1.165, 1.54) is 6.08 Å². The Morgan fingerprint density at radius 1 is 1.29 bits per heavy atom. The number of benzene rings is 1. The number of hydrogen-bond acceptors (Lipinski definition) is 5. The second-order valence-electron chi connectivity index (χ2n) is 4.91. The van der Waals surface area contributed by atoms with Crippen LogP contribution < -0.4 is 9.47 Å². The van der Waals surface area contributed by atoms with Crippen LogP contribution in [0.2, 0.25) is 0 Å². The molecule has 2 atom stereocenters. The zero-order chi connectivity index (χ0) is 14.8. The molecule has 2 heterocycles. The Labute approximate surface area is 122 Å². The Morgan fingerprint density at radius 3 is 2.90 bits per heavy atom. The monoisotopic (exact) mass is 288 g/mol. The van der Waals surface area contributed by atoms with Gasteiger partial charge in [-0.3, -0.25) is 0 Å². The Bertz CT molecular complexity index is 617. The van der Waals surface area contributed by atoms with Crippen molar-refractivity contribution >= 4 is 12.0 Å². The number of ether oxygens (including phenoxy) is 4. The summed E-state index contributed by atoms with van der Waals surface area (Å²) in [5, 5.41) is 0. The van der Waals surface area contributed by atoms with E-state index in [1.54, 1.807) is 7.11 Å². The van der Waals surface area contributed by atoms with Crippen molar-refractivity contribution in [3.63, 3.8) is 0 Å². The van der Waals surface area contributed by atoms with E-state index in [9.17, 15) is 4.79 Å². The molecule has 110 valence electrons. The van der Waals surface area contributed by atoms with Gasteiger partial charge in [0, 0.05) is 0 Å². The molecule has 0 amide bonds. The smallest absolute Gasteiger partial charge is 0.334 e. The van der Waals surface area contributed by atoms with Gasteiger partial charge in [-0.15, -0.1) is 0 Å². The quantitative estimate of drug-likeness (QED) is 0.800. The molecule has 5 heteroatoms. The first kappa shape index (κ1) is 13.5. The first-order valence-electron chi connectivity index (χ1n) is 6.71. The summed E-state index contributed by atoms with van der Waals surface area (Å²) >= 11 is 0. The van der Waals surface area contributed by atoms with Crippen LogP contribution in [0.1, 0.15) is 12.5 Å². The van der Waals surface area contributed by atoms with E-state index in [2.05, 4.69) is 0 Å². The average Bonchev–Trinajstić information content (AvgIpc) is 2.95. The molecule has 0 radical (unpaired) electrons. The summed E-state index contributed by atoms with van der Waals surface area (Å²) in [5.41, 5.74) is 0.955. The summed E-state index contributed by atoms with van der Waals surface area (Å²) in [4.78, 5) is 11.5. The third kappa shape index (κ3) is 2.72. The van der Waals surface area contributed by atoms with Gasteiger partial charge >= 0.3 is 5.97 Å². The summed E-state index contributed by atoms with van der Waals surface area (Å²) in [6.45, 7) is 2.21. The van der Waals surface area contributed by atoms with Crippen molar-refractivity contribution in [2.75, 3.05) is 13.9 Å². The number of esters is 1. The highest BCUT2D eigenvalue weighted by molar-refractivity contribution is 5.84. The lowest BCUT2D eigenvalue weighted by atomic mass is 9.98. The van der Waals surface area contributed by atoms with Crippen LogP contribution in [0.25, 0.3) is 6.08 Å². The number of rotatable bonds is 3. The Hall–Kier alpha value is -2.43. The number of fused-ring (bicyclic) bond motifs is 1. The maximum absolute atomic E-state index is 11.5. The normalized spacial score (nSPS) is 23.9. The molecule has 21 heavy (non-hydrogen) atoms. The molecule has 0 fully saturated rings. The number of hydrogen-bond donors (Lipinski definition) is 0. The van der Waals surface area contributed by atoms with Crippen molar-refractivity contribution in [1.29, 1.82) is 0 Å². The second-order valence-corrected chi connectivity index (χ2v) is 4.91. The molecule has 2 unspecified atom stereocenters. The van der Waals surface area contributed by atoms with Crippen LogP contribution in [0.4, 0.5) is 0 Å². The third-order valence-corrected chi connectivity index (χ3v) is 3.56. The maximum atomic E-state index is 11.5. The van der Waals surface area contributed by atoms with Gasteiger partial charge in [-0.1, -0.05) is 19.1 Å². The van der Waals surface area contributed by atoms with Gasteiger partial charge in [0.2, 0.25) is 6.79 Å². The Morgan fingerprint density at radius 2 is 2.10 bits per heavy atom. The van der Waals surface area contributed by atoms with Gasteiger partial charge in [0.25, 0.3) is 0 Å². The minimum Gasteiger partial charge on any atom is -0.500 e. The third-order valence-electron chi connectivity index (χ3n) is 3.56. The van der Waals surface area contributed by atoms with Gasteiger partial charge in [0.1, 0.15) is 11.9 Å². The molecule has 1 aromatic rings. The van der Waals surface area contributed by atoms with Crippen molar-refractivity contribution in [1.82, 2.24) is 0 Å². The van der Waals surface area contributed by atoms with E-state index in [0.717, 1.165) is 17.1 Å². The highest BCUT2D eigenvalue weighted by atomic mass is 16.7. The molecule has 3 rings (SSSR count). The van der Waals surface area contributed by atoms with Crippen LogP contribution in [0.3, 0.4) is 0 Å². The van der Waals surface area contributed by atoms with E-state index in [4.69, 9.17) is 18.9 Å². The average molecular weight is 288 g/mol. The van der Waals surface area contributed by atoms with Crippen molar-refractivity contribution in [3.05, 3.63) is 41.7 Å². The van der Waals surface area contributed by atoms with Crippen molar-refractivity contribution in [2.24, 2.45) is 5.92 Å². The fraction of sp³-hybridized carbons (Fsp3) is 0.312. The lowest BCUT2D eigenvalue weighted by molar-refractivity contribution is -0.145. The van der Waals surface area contributed by atoms with E-state index >= 15 is 0 Å². The molecular formula is C16H16O5. The van der Waals surface area contributed by atoms with Crippen molar-refractivity contribution in [3.8, 4) is 11.5 Å². The van der Waals surface area contributed by atoms with E-state index in [1.807, 2.05) is 37.3 Å². The summed E-state index contributed by atoms with van der Waals surface area (Å²) in [6, 6.07) is 5.67. The first-order chi connectivity index (χ1) is 10.2. The molecule has 0 bridgehead atoms. The minimum atomic E-state index is -0.384.